The van der Waals surface area contributed by atoms with Crippen molar-refractivity contribution >= 4 is 40.6 Å². The number of anilines is 1. The highest BCUT2D eigenvalue weighted by atomic mass is 35.5. The molecule has 1 aliphatic carbocycles. The molecule has 0 unspecified atom stereocenters. The average molecular weight is 630 g/mol. The molecule has 0 saturated carbocycles. The van der Waals surface area contributed by atoms with Crippen LogP contribution in [-0.2, 0) is 11.3 Å². The molecule has 234 valence electrons. The topological polar surface area (TPSA) is 134 Å². The maximum Gasteiger partial charge on any atom is 0.320 e. The zero-order chi connectivity index (χ0) is 32.1. The van der Waals surface area contributed by atoms with Gasteiger partial charge in [0.1, 0.15) is 23.2 Å². The minimum Gasteiger partial charge on any atom is -0.497 e. The predicted molar refractivity (Wildman–Crippen MR) is 172 cm³/mol. The molecule has 0 spiro atoms. The summed E-state index contributed by atoms with van der Waals surface area (Å²) in [5.41, 5.74) is 5.86. The number of methoxy groups -OCH3 is 1. The molecule has 2 aliphatic rings. The first-order valence-corrected chi connectivity index (χ1v) is 15.3. The molecule has 2 amide bonds. The number of hydrogen-bond acceptors (Lipinski definition) is 7. The second kappa shape index (κ2) is 14.0. The standard InChI is InChI=1S/C34H36ClN5O5/c1-20-16-28(37-18-22(20)19-40-15-5-4-12-30(40)34(43)44)32(41)39-27-11-7-9-25(31(27)35)24-8-6-10-26(21(24)2)38-33(42)29-17-23(45-3)13-14-36-29/h6,8-10,13-14,16-18,30H,4-5,7,11-12,15,19H2,1-3H3,(H,38,42)(H,39,41)(H,43,44)/t30-/m0/s1. The highest BCUT2D eigenvalue weighted by Crippen LogP contribution is 2.37. The first kappa shape index (κ1) is 31.9. The fraction of sp³-hybridized carbons (Fsp3) is 0.324. The van der Waals surface area contributed by atoms with Gasteiger partial charge < -0.3 is 20.5 Å². The zero-order valence-electron chi connectivity index (χ0n) is 25.5. The van der Waals surface area contributed by atoms with Crippen LogP contribution in [0.5, 0.6) is 5.75 Å². The summed E-state index contributed by atoms with van der Waals surface area (Å²) in [5.74, 6) is -1.01. The monoisotopic (exact) mass is 629 g/mol. The van der Waals surface area contributed by atoms with E-state index in [1.807, 2.05) is 43.0 Å². The van der Waals surface area contributed by atoms with Gasteiger partial charge in [0, 0.05) is 36.4 Å². The summed E-state index contributed by atoms with van der Waals surface area (Å²) in [6, 6.07) is 10.0. The summed E-state index contributed by atoms with van der Waals surface area (Å²) >= 11 is 6.89. The number of ether oxygens (including phenoxy) is 1. The molecule has 3 heterocycles. The molecule has 0 bridgehead atoms. The summed E-state index contributed by atoms with van der Waals surface area (Å²) in [5, 5.41) is 15.9. The molecule has 1 saturated heterocycles. The smallest absolute Gasteiger partial charge is 0.320 e. The largest absolute Gasteiger partial charge is 0.497 e. The molecular weight excluding hydrogens is 594 g/mol. The number of aromatic nitrogens is 2. The van der Waals surface area contributed by atoms with E-state index in [2.05, 4.69) is 20.6 Å². The van der Waals surface area contributed by atoms with Gasteiger partial charge in [-0.1, -0.05) is 36.2 Å². The number of carboxylic acids is 1. The van der Waals surface area contributed by atoms with Gasteiger partial charge in [-0.2, -0.15) is 0 Å². The maximum absolute atomic E-state index is 13.3. The van der Waals surface area contributed by atoms with E-state index in [-0.39, 0.29) is 23.2 Å². The Labute approximate surface area is 267 Å². The van der Waals surface area contributed by atoms with Crippen LogP contribution in [0.25, 0.3) is 5.57 Å². The maximum atomic E-state index is 13.3. The molecule has 1 aliphatic heterocycles. The molecule has 2 aromatic heterocycles. The molecule has 10 nitrogen and oxygen atoms in total. The van der Waals surface area contributed by atoms with Crippen LogP contribution >= 0.6 is 11.6 Å². The average Bonchev–Trinajstić information content (AvgIpc) is 3.04. The van der Waals surface area contributed by atoms with E-state index >= 15 is 0 Å². The quantitative estimate of drug-likeness (QED) is 0.268. The summed E-state index contributed by atoms with van der Waals surface area (Å²) in [7, 11) is 1.53. The Hall–Kier alpha value is -4.54. The van der Waals surface area contributed by atoms with Gasteiger partial charge in [-0.05, 0) is 92.1 Å². The predicted octanol–water partition coefficient (Wildman–Crippen LogP) is 5.85. The lowest BCUT2D eigenvalue weighted by molar-refractivity contribution is -0.144. The first-order valence-electron chi connectivity index (χ1n) is 14.9. The lowest BCUT2D eigenvalue weighted by Crippen LogP contribution is -2.44. The van der Waals surface area contributed by atoms with Crippen LogP contribution in [0.15, 0.2) is 65.6 Å². The molecule has 5 rings (SSSR count). The Morgan fingerprint density at radius 1 is 1.07 bits per heavy atom. The number of hydrogen-bond donors (Lipinski definition) is 3. The number of piperidine rings is 1. The molecule has 1 atom stereocenters. The Morgan fingerprint density at radius 2 is 1.84 bits per heavy atom. The molecule has 45 heavy (non-hydrogen) atoms. The number of nitrogens with zero attached hydrogens (tertiary/aromatic N) is 3. The van der Waals surface area contributed by atoms with E-state index < -0.39 is 12.0 Å². The van der Waals surface area contributed by atoms with Crippen molar-refractivity contribution in [2.45, 2.75) is 58.5 Å². The molecule has 3 N–H and O–H groups in total. The van der Waals surface area contributed by atoms with Gasteiger partial charge in [0.2, 0.25) is 0 Å². The Morgan fingerprint density at radius 3 is 2.60 bits per heavy atom. The normalized spacial score (nSPS) is 17.0. The van der Waals surface area contributed by atoms with Gasteiger partial charge in [0.25, 0.3) is 11.8 Å². The fourth-order valence-corrected chi connectivity index (χ4v) is 6.05. The first-order chi connectivity index (χ1) is 21.7. The highest BCUT2D eigenvalue weighted by Gasteiger charge is 2.29. The molecule has 3 aromatic rings. The highest BCUT2D eigenvalue weighted by molar-refractivity contribution is 6.37. The second-order valence-electron chi connectivity index (χ2n) is 11.2. The van der Waals surface area contributed by atoms with Crippen LogP contribution < -0.4 is 15.4 Å². The van der Waals surface area contributed by atoms with Crippen molar-refractivity contribution < 1.29 is 24.2 Å². The number of amides is 2. The molecule has 0 radical (unpaired) electrons. The number of likely N-dealkylation sites (tertiary alicyclic amines) is 1. The number of pyridine rings is 2. The number of aryl methyl sites for hydroxylation is 1. The van der Waals surface area contributed by atoms with Gasteiger partial charge in [-0.15, -0.1) is 0 Å². The number of carbonyl (C=O) groups is 3. The van der Waals surface area contributed by atoms with Crippen molar-refractivity contribution in [3.63, 3.8) is 0 Å². The second-order valence-corrected chi connectivity index (χ2v) is 11.6. The lowest BCUT2D eigenvalue weighted by Gasteiger charge is -2.33. The minimum absolute atomic E-state index is 0.229. The van der Waals surface area contributed by atoms with Crippen LogP contribution in [0, 0.1) is 13.8 Å². The summed E-state index contributed by atoms with van der Waals surface area (Å²) in [6.45, 7) is 4.99. The number of halogens is 1. The van der Waals surface area contributed by atoms with Crippen LogP contribution in [0.2, 0.25) is 0 Å². The zero-order valence-corrected chi connectivity index (χ0v) is 26.3. The number of carboxylic acid groups (broad SMARTS) is 1. The number of carbonyl (C=O) groups excluding carboxylic acids is 2. The Balaban J connectivity index is 1.30. The number of allylic oxidation sites excluding steroid dienone is 4. The summed E-state index contributed by atoms with van der Waals surface area (Å²) < 4.78 is 5.20. The van der Waals surface area contributed by atoms with Gasteiger partial charge in [0.15, 0.2) is 0 Å². The molecule has 11 heteroatoms. The van der Waals surface area contributed by atoms with E-state index in [1.54, 1.807) is 24.4 Å². The van der Waals surface area contributed by atoms with Gasteiger partial charge in [-0.25, -0.2) is 0 Å². The van der Waals surface area contributed by atoms with Crippen molar-refractivity contribution in [3.8, 4) is 5.75 Å². The fourth-order valence-electron chi connectivity index (χ4n) is 5.73. The molecule has 1 aromatic carbocycles. The van der Waals surface area contributed by atoms with Crippen molar-refractivity contribution in [2.24, 2.45) is 0 Å². The summed E-state index contributed by atoms with van der Waals surface area (Å²) in [4.78, 5) is 48.4. The van der Waals surface area contributed by atoms with E-state index in [0.717, 1.165) is 47.2 Å². The van der Waals surface area contributed by atoms with Crippen LogP contribution in [0.3, 0.4) is 0 Å². The third-order valence-electron chi connectivity index (χ3n) is 8.30. The van der Waals surface area contributed by atoms with E-state index in [1.165, 1.54) is 13.3 Å². The molecule has 1 fully saturated rings. The number of rotatable bonds is 9. The number of benzene rings is 1. The van der Waals surface area contributed by atoms with Crippen LogP contribution in [0.4, 0.5) is 5.69 Å². The minimum atomic E-state index is -0.806. The number of nitrogens with one attached hydrogen (secondary N) is 2. The number of aliphatic carboxylic acids is 1. The Kier molecular flexibility index (Phi) is 9.95. The van der Waals surface area contributed by atoms with Gasteiger partial charge >= 0.3 is 5.97 Å². The van der Waals surface area contributed by atoms with Gasteiger partial charge in [-0.3, -0.25) is 29.3 Å². The van der Waals surface area contributed by atoms with Crippen molar-refractivity contribution in [1.29, 1.82) is 0 Å². The third-order valence-corrected chi connectivity index (χ3v) is 8.74. The van der Waals surface area contributed by atoms with Crippen LogP contribution in [0.1, 0.15) is 75.3 Å². The van der Waals surface area contributed by atoms with Gasteiger partial charge in [0.05, 0.1) is 12.1 Å². The summed E-state index contributed by atoms with van der Waals surface area (Å²) in [6.07, 6.45) is 8.91. The van der Waals surface area contributed by atoms with Crippen LogP contribution in [-0.4, -0.2) is 57.5 Å². The van der Waals surface area contributed by atoms with E-state index in [9.17, 15) is 19.5 Å². The third kappa shape index (κ3) is 7.24. The molecular formula is C34H36ClN5O5. The SMILES string of the molecule is COc1ccnc(C(=O)Nc2cccc(C3=CCCC(NC(=O)c4cc(C)c(CN5CCCC[C@H]5C(=O)O)cn4)=C3Cl)c2C)c1. The van der Waals surface area contributed by atoms with Crippen molar-refractivity contribution in [2.75, 3.05) is 19.0 Å². The van der Waals surface area contributed by atoms with Crippen molar-refractivity contribution in [3.05, 3.63) is 99.2 Å². The van der Waals surface area contributed by atoms with Crippen molar-refractivity contribution in [1.82, 2.24) is 20.2 Å². The Bertz CT molecular complexity index is 1700. The lowest BCUT2D eigenvalue weighted by atomic mass is 9.93. The van der Waals surface area contributed by atoms with E-state index in [4.69, 9.17) is 16.3 Å². The van der Waals surface area contributed by atoms with E-state index in [0.29, 0.717) is 48.0 Å².